The van der Waals surface area contributed by atoms with E-state index < -0.39 is 0 Å². The first kappa shape index (κ1) is 9.69. The van der Waals surface area contributed by atoms with Crippen molar-refractivity contribution in [3.05, 3.63) is 0 Å². The molecule has 0 aromatic carbocycles. The molecule has 0 spiro atoms. The third kappa shape index (κ3) is 1.18. The van der Waals surface area contributed by atoms with Crippen molar-refractivity contribution in [1.82, 2.24) is 0 Å². The van der Waals surface area contributed by atoms with Gasteiger partial charge in [0.15, 0.2) is 0 Å². The molecule has 1 saturated heterocycles. The van der Waals surface area contributed by atoms with E-state index in [0.717, 1.165) is 19.3 Å². The fourth-order valence-corrected chi connectivity index (χ4v) is 3.02. The summed E-state index contributed by atoms with van der Waals surface area (Å²) in [5, 5.41) is 0. The molecule has 4 atom stereocenters. The SMILES string of the molecule is CCC1CC(CC)C2C(=O)OC(=O)C12. The van der Waals surface area contributed by atoms with Gasteiger partial charge >= 0.3 is 11.9 Å². The Bertz CT molecular complexity index is 246. The van der Waals surface area contributed by atoms with Crippen LogP contribution in [0, 0.1) is 23.7 Å². The Hall–Kier alpha value is -0.860. The molecule has 3 nitrogen and oxygen atoms in total. The van der Waals surface area contributed by atoms with Crippen LogP contribution in [-0.2, 0) is 14.3 Å². The Labute approximate surface area is 83.8 Å². The second kappa shape index (κ2) is 3.37. The highest BCUT2D eigenvalue weighted by atomic mass is 16.6. The van der Waals surface area contributed by atoms with Crippen LogP contribution in [0.5, 0.6) is 0 Å². The molecule has 2 rings (SSSR count). The summed E-state index contributed by atoms with van der Waals surface area (Å²) < 4.78 is 4.71. The fourth-order valence-electron chi connectivity index (χ4n) is 3.02. The van der Waals surface area contributed by atoms with Crippen LogP contribution in [0.25, 0.3) is 0 Å². The zero-order valence-corrected chi connectivity index (χ0v) is 8.66. The molecule has 3 heteroatoms. The van der Waals surface area contributed by atoms with Crippen molar-refractivity contribution in [1.29, 1.82) is 0 Å². The van der Waals surface area contributed by atoms with E-state index in [-0.39, 0.29) is 23.8 Å². The minimum absolute atomic E-state index is 0.127. The van der Waals surface area contributed by atoms with E-state index in [1.807, 2.05) is 0 Å². The van der Waals surface area contributed by atoms with Gasteiger partial charge in [-0.2, -0.15) is 0 Å². The normalized spacial score (nSPS) is 41.3. The van der Waals surface area contributed by atoms with Gasteiger partial charge in [0, 0.05) is 0 Å². The topological polar surface area (TPSA) is 43.4 Å². The van der Waals surface area contributed by atoms with Gasteiger partial charge in [-0.1, -0.05) is 26.7 Å². The van der Waals surface area contributed by atoms with Crippen LogP contribution in [0.1, 0.15) is 33.1 Å². The maximum atomic E-state index is 11.5. The molecular weight excluding hydrogens is 180 g/mol. The van der Waals surface area contributed by atoms with Crippen LogP contribution in [0.3, 0.4) is 0 Å². The van der Waals surface area contributed by atoms with E-state index in [1.54, 1.807) is 0 Å². The molecule has 0 amide bonds. The van der Waals surface area contributed by atoms with Crippen molar-refractivity contribution in [3.63, 3.8) is 0 Å². The lowest BCUT2D eigenvalue weighted by molar-refractivity contribution is -0.155. The first-order chi connectivity index (χ1) is 6.69. The maximum Gasteiger partial charge on any atom is 0.317 e. The molecule has 4 unspecified atom stereocenters. The Morgan fingerprint density at radius 2 is 1.50 bits per heavy atom. The summed E-state index contributed by atoms with van der Waals surface area (Å²) in [6.07, 6.45) is 2.96. The molecule has 0 aromatic rings. The third-order valence-electron chi connectivity index (χ3n) is 3.80. The summed E-state index contributed by atoms with van der Waals surface area (Å²) in [5.74, 6) is -0.0756. The number of ether oxygens (including phenoxy) is 1. The van der Waals surface area contributed by atoms with E-state index in [9.17, 15) is 9.59 Å². The van der Waals surface area contributed by atoms with E-state index in [4.69, 9.17) is 4.74 Å². The van der Waals surface area contributed by atoms with Crippen molar-refractivity contribution in [2.45, 2.75) is 33.1 Å². The van der Waals surface area contributed by atoms with Gasteiger partial charge in [-0.25, -0.2) is 0 Å². The molecule has 2 fully saturated rings. The maximum absolute atomic E-state index is 11.5. The summed E-state index contributed by atoms with van der Waals surface area (Å²) in [6.45, 7) is 4.16. The minimum Gasteiger partial charge on any atom is -0.393 e. The standard InChI is InChI=1S/C11H16O3/c1-3-6-5-7(4-2)9-8(6)10(12)14-11(9)13/h6-9H,3-5H2,1-2H3. The molecule has 1 heterocycles. The van der Waals surface area contributed by atoms with Crippen molar-refractivity contribution in [3.8, 4) is 0 Å². The summed E-state index contributed by atoms with van der Waals surface area (Å²) in [7, 11) is 0. The molecule has 0 bridgehead atoms. The number of hydrogen-bond acceptors (Lipinski definition) is 3. The van der Waals surface area contributed by atoms with Gasteiger partial charge in [-0.05, 0) is 18.3 Å². The third-order valence-corrected chi connectivity index (χ3v) is 3.80. The predicted molar refractivity (Wildman–Crippen MR) is 50.3 cm³/mol. The Morgan fingerprint density at radius 1 is 1.07 bits per heavy atom. The smallest absolute Gasteiger partial charge is 0.317 e. The van der Waals surface area contributed by atoms with Crippen LogP contribution in [-0.4, -0.2) is 11.9 Å². The Balaban J connectivity index is 2.26. The highest BCUT2D eigenvalue weighted by Crippen LogP contribution is 2.48. The molecule has 1 aliphatic carbocycles. The molecule has 0 radical (unpaired) electrons. The Morgan fingerprint density at radius 3 is 1.86 bits per heavy atom. The molecule has 14 heavy (non-hydrogen) atoms. The quantitative estimate of drug-likeness (QED) is 0.499. The summed E-state index contributed by atoms with van der Waals surface area (Å²) in [4.78, 5) is 22.9. The van der Waals surface area contributed by atoms with Crippen LogP contribution in [0.15, 0.2) is 0 Å². The van der Waals surface area contributed by atoms with Crippen LogP contribution < -0.4 is 0 Å². The van der Waals surface area contributed by atoms with Crippen LogP contribution in [0.2, 0.25) is 0 Å². The van der Waals surface area contributed by atoms with Crippen molar-refractivity contribution in [2.75, 3.05) is 0 Å². The Kier molecular flexibility index (Phi) is 2.33. The number of fused-ring (bicyclic) bond motifs is 1. The number of rotatable bonds is 2. The van der Waals surface area contributed by atoms with E-state index in [0.29, 0.717) is 11.8 Å². The molecular formula is C11H16O3. The first-order valence-electron chi connectivity index (χ1n) is 5.44. The summed E-state index contributed by atoms with van der Waals surface area (Å²) in [6, 6.07) is 0. The lowest BCUT2D eigenvalue weighted by Crippen LogP contribution is -2.19. The molecule has 0 aromatic heterocycles. The van der Waals surface area contributed by atoms with Crippen molar-refractivity contribution < 1.29 is 14.3 Å². The minimum atomic E-state index is -0.275. The first-order valence-corrected chi connectivity index (χ1v) is 5.44. The molecule has 2 aliphatic rings. The van der Waals surface area contributed by atoms with E-state index in [1.165, 1.54) is 0 Å². The van der Waals surface area contributed by atoms with Gasteiger partial charge in [0.2, 0.25) is 0 Å². The molecule has 78 valence electrons. The zero-order valence-electron chi connectivity index (χ0n) is 8.66. The number of carbonyl (C=O) groups is 2. The second-order valence-electron chi connectivity index (χ2n) is 4.36. The van der Waals surface area contributed by atoms with Crippen LogP contribution in [0.4, 0.5) is 0 Å². The predicted octanol–water partition coefficient (Wildman–Crippen LogP) is 1.76. The summed E-state index contributed by atoms with van der Waals surface area (Å²) >= 11 is 0. The lowest BCUT2D eigenvalue weighted by Gasteiger charge is -2.10. The summed E-state index contributed by atoms with van der Waals surface area (Å²) in [5.41, 5.74) is 0. The zero-order chi connectivity index (χ0) is 10.3. The number of carbonyl (C=O) groups excluding carboxylic acids is 2. The monoisotopic (exact) mass is 196 g/mol. The van der Waals surface area contributed by atoms with Gasteiger partial charge < -0.3 is 4.74 Å². The van der Waals surface area contributed by atoms with Crippen molar-refractivity contribution in [2.24, 2.45) is 23.7 Å². The molecule has 0 N–H and O–H groups in total. The van der Waals surface area contributed by atoms with Crippen LogP contribution >= 0.6 is 0 Å². The number of hydrogen-bond donors (Lipinski definition) is 0. The van der Waals surface area contributed by atoms with Gasteiger partial charge in [-0.3, -0.25) is 9.59 Å². The van der Waals surface area contributed by atoms with Gasteiger partial charge in [0.25, 0.3) is 0 Å². The van der Waals surface area contributed by atoms with E-state index in [2.05, 4.69) is 13.8 Å². The average Bonchev–Trinajstić information content (AvgIpc) is 2.67. The fraction of sp³-hybridized carbons (Fsp3) is 0.818. The average molecular weight is 196 g/mol. The van der Waals surface area contributed by atoms with Gasteiger partial charge in [0.1, 0.15) is 0 Å². The van der Waals surface area contributed by atoms with Gasteiger partial charge in [0.05, 0.1) is 11.8 Å². The highest BCUT2D eigenvalue weighted by Gasteiger charge is 2.55. The number of cyclic esters (lactones) is 2. The largest absolute Gasteiger partial charge is 0.393 e. The molecule has 1 aliphatic heterocycles. The van der Waals surface area contributed by atoms with Gasteiger partial charge in [-0.15, -0.1) is 0 Å². The second-order valence-corrected chi connectivity index (χ2v) is 4.36. The van der Waals surface area contributed by atoms with E-state index >= 15 is 0 Å². The highest BCUT2D eigenvalue weighted by molar-refractivity contribution is 5.97. The number of esters is 2. The van der Waals surface area contributed by atoms with Crippen molar-refractivity contribution >= 4 is 11.9 Å². The molecule has 1 saturated carbocycles. The lowest BCUT2D eigenvalue weighted by atomic mass is 9.88.